The van der Waals surface area contributed by atoms with Crippen molar-refractivity contribution in [2.75, 3.05) is 26.2 Å². The van der Waals surface area contributed by atoms with Gasteiger partial charge < -0.3 is 10.1 Å². The minimum atomic E-state index is 0.0109. The van der Waals surface area contributed by atoms with Gasteiger partial charge in [0.15, 0.2) is 0 Å². The predicted octanol–water partition coefficient (Wildman–Crippen LogP) is 3.52. The van der Waals surface area contributed by atoms with Crippen molar-refractivity contribution in [2.24, 2.45) is 11.8 Å². The van der Waals surface area contributed by atoms with Crippen LogP contribution in [-0.2, 0) is 11.3 Å². The van der Waals surface area contributed by atoms with E-state index in [1.807, 2.05) is 18.2 Å². The van der Waals surface area contributed by atoms with Gasteiger partial charge in [0.25, 0.3) is 0 Å². The van der Waals surface area contributed by atoms with Crippen molar-refractivity contribution in [3.8, 4) is 5.75 Å². The molecule has 0 unspecified atom stereocenters. The van der Waals surface area contributed by atoms with Gasteiger partial charge in [-0.25, -0.2) is 0 Å². The van der Waals surface area contributed by atoms with Gasteiger partial charge in [-0.2, -0.15) is 0 Å². The molecule has 1 saturated heterocycles. The maximum Gasteiger partial charge on any atom is 0.224 e. The molecule has 1 amide bonds. The molecule has 2 aromatic rings. The number of nitrogens with zero attached hydrogens (tertiary/aromatic N) is 2. The Balaban J connectivity index is 1.61. The summed E-state index contributed by atoms with van der Waals surface area (Å²) < 4.78 is 5.95. The number of unbranched alkanes of at least 4 members (excludes halogenated alkanes) is 1. The van der Waals surface area contributed by atoms with E-state index in [0.717, 1.165) is 51.2 Å². The molecule has 150 valence electrons. The van der Waals surface area contributed by atoms with E-state index < -0.39 is 0 Å². The fourth-order valence-corrected chi connectivity index (χ4v) is 3.76. The minimum absolute atomic E-state index is 0.0109. The lowest BCUT2D eigenvalue weighted by Crippen LogP contribution is -2.47. The van der Waals surface area contributed by atoms with Gasteiger partial charge in [-0.1, -0.05) is 43.7 Å². The van der Waals surface area contributed by atoms with Crippen LogP contribution in [-0.4, -0.2) is 42.0 Å². The van der Waals surface area contributed by atoms with Crippen LogP contribution in [0.4, 0.5) is 0 Å². The molecule has 2 atom stereocenters. The minimum Gasteiger partial charge on any atom is -0.492 e. The van der Waals surface area contributed by atoms with Crippen LogP contribution in [0.25, 0.3) is 0 Å². The van der Waals surface area contributed by atoms with E-state index in [1.54, 1.807) is 12.4 Å². The van der Waals surface area contributed by atoms with Gasteiger partial charge in [0.05, 0.1) is 18.7 Å². The summed E-state index contributed by atoms with van der Waals surface area (Å²) in [4.78, 5) is 19.2. The first-order valence-corrected chi connectivity index (χ1v) is 10.3. The highest BCUT2D eigenvalue weighted by atomic mass is 16.5. The SMILES string of the molecule is CCCCNC(=O)[C@@H]1C[C@H](COc2cccnc2)CN(Cc2ccccc2)C1. The van der Waals surface area contributed by atoms with Crippen LogP contribution in [0.15, 0.2) is 54.9 Å². The van der Waals surface area contributed by atoms with Gasteiger partial charge in [-0.05, 0) is 30.5 Å². The summed E-state index contributed by atoms with van der Waals surface area (Å²) in [5, 5.41) is 3.12. The molecule has 28 heavy (non-hydrogen) atoms. The van der Waals surface area contributed by atoms with Gasteiger partial charge >= 0.3 is 0 Å². The molecule has 5 heteroatoms. The second kappa shape index (κ2) is 10.8. The fraction of sp³-hybridized carbons (Fsp3) is 0.478. The third-order valence-electron chi connectivity index (χ3n) is 5.18. The smallest absolute Gasteiger partial charge is 0.224 e. The number of pyridine rings is 1. The first-order chi connectivity index (χ1) is 13.7. The fourth-order valence-electron chi connectivity index (χ4n) is 3.76. The van der Waals surface area contributed by atoms with Crippen LogP contribution in [0.3, 0.4) is 0 Å². The maximum atomic E-state index is 12.7. The Hall–Kier alpha value is -2.40. The Morgan fingerprint density at radius 1 is 1.21 bits per heavy atom. The van der Waals surface area contributed by atoms with Crippen LogP contribution < -0.4 is 10.1 Å². The maximum absolute atomic E-state index is 12.7. The van der Waals surface area contributed by atoms with E-state index in [9.17, 15) is 4.79 Å². The number of benzene rings is 1. The number of ether oxygens (including phenoxy) is 1. The molecule has 3 rings (SSSR count). The largest absolute Gasteiger partial charge is 0.492 e. The van der Waals surface area contributed by atoms with Crippen molar-refractivity contribution in [1.29, 1.82) is 0 Å². The van der Waals surface area contributed by atoms with Gasteiger partial charge in [0.2, 0.25) is 5.91 Å². The van der Waals surface area contributed by atoms with E-state index in [1.165, 1.54) is 5.56 Å². The van der Waals surface area contributed by atoms with Crippen molar-refractivity contribution in [1.82, 2.24) is 15.2 Å². The number of rotatable bonds is 9. The summed E-state index contributed by atoms with van der Waals surface area (Å²) in [6, 6.07) is 14.3. The molecule has 1 aromatic heterocycles. The lowest BCUT2D eigenvalue weighted by Gasteiger charge is -2.37. The molecule has 1 aromatic carbocycles. The third-order valence-corrected chi connectivity index (χ3v) is 5.18. The zero-order valence-corrected chi connectivity index (χ0v) is 16.7. The molecule has 0 radical (unpaired) electrons. The van der Waals surface area contributed by atoms with E-state index in [2.05, 4.69) is 46.4 Å². The molecule has 1 aliphatic heterocycles. The number of piperidine rings is 1. The van der Waals surface area contributed by atoms with Crippen LogP contribution >= 0.6 is 0 Å². The van der Waals surface area contributed by atoms with Gasteiger partial charge in [0, 0.05) is 38.3 Å². The highest BCUT2D eigenvalue weighted by Crippen LogP contribution is 2.25. The second-order valence-electron chi connectivity index (χ2n) is 7.62. The number of nitrogens with one attached hydrogen (secondary N) is 1. The third kappa shape index (κ3) is 6.34. The molecule has 2 heterocycles. The quantitative estimate of drug-likeness (QED) is 0.676. The van der Waals surface area contributed by atoms with Gasteiger partial charge in [-0.15, -0.1) is 0 Å². The molecular formula is C23H31N3O2. The average Bonchev–Trinajstić information content (AvgIpc) is 2.74. The highest BCUT2D eigenvalue weighted by molar-refractivity contribution is 5.79. The van der Waals surface area contributed by atoms with Crippen molar-refractivity contribution in [2.45, 2.75) is 32.7 Å². The Kier molecular flexibility index (Phi) is 7.85. The van der Waals surface area contributed by atoms with Crippen molar-refractivity contribution < 1.29 is 9.53 Å². The number of carbonyl (C=O) groups is 1. The van der Waals surface area contributed by atoms with Crippen LogP contribution in [0.2, 0.25) is 0 Å². The molecule has 1 fully saturated rings. The lowest BCUT2D eigenvalue weighted by atomic mass is 9.88. The monoisotopic (exact) mass is 381 g/mol. The summed E-state index contributed by atoms with van der Waals surface area (Å²) in [5.41, 5.74) is 1.28. The van der Waals surface area contributed by atoms with Crippen molar-refractivity contribution in [3.05, 3.63) is 60.4 Å². The molecule has 0 saturated carbocycles. The number of aromatic nitrogens is 1. The molecule has 1 N–H and O–H groups in total. The zero-order valence-electron chi connectivity index (χ0n) is 16.7. The molecule has 5 nitrogen and oxygen atoms in total. The number of carbonyl (C=O) groups excluding carboxylic acids is 1. The Bertz CT molecular complexity index is 708. The van der Waals surface area contributed by atoms with Gasteiger partial charge in [0.1, 0.15) is 5.75 Å². The summed E-state index contributed by atoms with van der Waals surface area (Å²) in [5.74, 6) is 1.29. The zero-order chi connectivity index (χ0) is 19.6. The van der Waals surface area contributed by atoms with Crippen LogP contribution in [0.5, 0.6) is 5.75 Å². The van der Waals surface area contributed by atoms with Crippen molar-refractivity contribution in [3.63, 3.8) is 0 Å². The van der Waals surface area contributed by atoms with E-state index in [4.69, 9.17) is 4.74 Å². The van der Waals surface area contributed by atoms with E-state index >= 15 is 0 Å². The average molecular weight is 382 g/mol. The molecule has 0 aliphatic carbocycles. The highest BCUT2D eigenvalue weighted by Gasteiger charge is 2.31. The Morgan fingerprint density at radius 3 is 2.82 bits per heavy atom. The lowest BCUT2D eigenvalue weighted by molar-refractivity contribution is -0.127. The van der Waals surface area contributed by atoms with E-state index in [0.29, 0.717) is 12.5 Å². The first-order valence-electron chi connectivity index (χ1n) is 10.3. The topological polar surface area (TPSA) is 54.5 Å². The number of amides is 1. The van der Waals surface area contributed by atoms with E-state index in [-0.39, 0.29) is 11.8 Å². The summed E-state index contributed by atoms with van der Waals surface area (Å²) in [6.45, 7) is 6.12. The number of hydrogen-bond acceptors (Lipinski definition) is 4. The van der Waals surface area contributed by atoms with Crippen LogP contribution in [0.1, 0.15) is 31.7 Å². The summed E-state index contributed by atoms with van der Waals surface area (Å²) in [6.07, 6.45) is 6.46. The Labute approximate surface area is 168 Å². The Morgan fingerprint density at radius 2 is 2.07 bits per heavy atom. The molecular weight excluding hydrogens is 350 g/mol. The number of hydrogen-bond donors (Lipinski definition) is 1. The second-order valence-corrected chi connectivity index (χ2v) is 7.62. The molecule has 0 bridgehead atoms. The van der Waals surface area contributed by atoms with Crippen molar-refractivity contribution >= 4 is 5.91 Å². The predicted molar refractivity (Wildman–Crippen MR) is 111 cm³/mol. The summed E-state index contributed by atoms with van der Waals surface area (Å²) >= 11 is 0. The molecule has 1 aliphatic rings. The molecule has 0 spiro atoms. The first kappa shape index (κ1) is 20.3. The number of likely N-dealkylation sites (tertiary alicyclic amines) is 1. The normalized spacial score (nSPS) is 19.9. The standard InChI is InChI=1S/C23H31N3O2/c1-2-3-12-25-23(27)21-13-20(18-28-22-10-7-11-24-14-22)16-26(17-21)15-19-8-5-4-6-9-19/h4-11,14,20-21H,2-3,12-13,15-18H2,1H3,(H,25,27)/t20-,21+/m0/s1. The van der Waals surface area contributed by atoms with Gasteiger partial charge in [-0.3, -0.25) is 14.7 Å². The van der Waals surface area contributed by atoms with Crippen LogP contribution in [0, 0.1) is 11.8 Å². The summed E-state index contributed by atoms with van der Waals surface area (Å²) in [7, 11) is 0.